The maximum Gasteiger partial charge on any atom is 0.211 e. The second kappa shape index (κ2) is 7.99. The van der Waals surface area contributed by atoms with Gasteiger partial charge < -0.3 is 10.1 Å². The highest BCUT2D eigenvalue weighted by atomic mass is 32.2. The lowest BCUT2D eigenvalue weighted by molar-refractivity contribution is -0.0381. The van der Waals surface area contributed by atoms with Gasteiger partial charge in [0.1, 0.15) is 0 Å². The molecule has 0 aromatic rings. The molecule has 1 saturated carbocycles. The summed E-state index contributed by atoms with van der Waals surface area (Å²) in [6.45, 7) is 6.16. The second-order valence-electron chi connectivity index (χ2n) is 7.70. The lowest BCUT2D eigenvalue weighted by atomic mass is 9.79. The summed E-state index contributed by atoms with van der Waals surface area (Å²) >= 11 is 0. The van der Waals surface area contributed by atoms with Crippen LogP contribution in [0.2, 0.25) is 0 Å². The molecule has 6 nitrogen and oxygen atoms in total. The Balaban J connectivity index is 1.54. The molecule has 0 atom stereocenters. The molecule has 2 aliphatic heterocycles. The highest BCUT2D eigenvalue weighted by Crippen LogP contribution is 2.34. The summed E-state index contributed by atoms with van der Waals surface area (Å²) in [5.74, 6) is 0. The minimum Gasteiger partial charge on any atom is -0.379 e. The predicted molar refractivity (Wildman–Crippen MR) is 95.6 cm³/mol. The summed E-state index contributed by atoms with van der Waals surface area (Å²) in [5, 5.41) is 3.80. The van der Waals surface area contributed by atoms with Gasteiger partial charge in [-0.2, -0.15) is 0 Å². The molecule has 0 aromatic heterocycles. The third-order valence-corrected chi connectivity index (χ3v) is 7.41. The topological polar surface area (TPSA) is 61.9 Å². The van der Waals surface area contributed by atoms with Gasteiger partial charge in [0.2, 0.25) is 10.0 Å². The van der Waals surface area contributed by atoms with Crippen LogP contribution in [0.3, 0.4) is 0 Å². The first-order chi connectivity index (χ1) is 11.5. The predicted octanol–water partition coefficient (Wildman–Crippen LogP) is 1.04. The fourth-order valence-electron chi connectivity index (χ4n) is 4.58. The highest BCUT2D eigenvalue weighted by Gasteiger charge is 2.39. The minimum atomic E-state index is -3.03. The van der Waals surface area contributed by atoms with Gasteiger partial charge in [-0.25, -0.2) is 12.7 Å². The Morgan fingerprint density at radius 1 is 1.04 bits per heavy atom. The number of sulfonamides is 1. The van der Waals surface area contributed by atoms with Gasteiger partial charge in [-0.15, -0.1) is 0 Å². The third kappa shape index (κ3) is 4.49. The van der Waals surface area contributed by atoms with Crippen molar-refractivity contribution >= 4 is 10.0 Å². The van der Waals surface area contributed by atoms with Crippen molar-refractivity contribution in [2.24, 2.45) is 0 Å². The Labute approximate surface area is 147 Å². The van der Waals surface area contributed by atoms with E-state index in [1.807, 2.05) is 0 Å². The third-order valence-electron chi connectivity index (χ3n) is 6.11. The normalized spacial score (nSPS) is 28.0. The second-order valence-corrected chi connectivity index (χ2v) is 9.68. The fourth-order valence-corrected chi connectivity index (χ4v) is 5.45. The van der Waals surface area contributed by atoms with Crippen molar-refractivity contribution in [3.8, 4) is 0 Å². The summed E-state index contributed by atoms with van der Waals surface area (Å²) in [4.78, 5) is 2.66. The number of hydrogen-bond acceptors (Lipinski definition) is 5. The number of nitrogens with zero attached hydrogens (tertiary/aromatic N) is 2. The van der Waals surface area contributed by atoms with Crippen molar-refractivity contribution in [2.75, 3.05) is 52.2 Å². The average molecular weight is 360 g/mol. The minimum absolute atomic E-state index is 0.288. The number of ether oxygens (including phenoxy) is 1. The largest absolute Gasteiger partial charge is 0.379 e. The zero-order valence-electron chi connectivity index (χ0n) is 15.0. The van der Waals surface area contributed by atoms with E-state index in [0.717, 1.165) is 45.7 Å². The molecule has 0 bridgehead atoms. The molecule has 1 aliphatic carbocycles. The van der Waals surface area contributed by atoms with E-state index < -0.39 is 10.0 Å². The van der Waals surface area contributed by atoms with Crippen LogP contribution in [0.25, 0.3) is 0 Å². The van der Waals surface area contributed by atoms with Crippen molar-refractivity contribution in [1.29, 1.82) is 0 Å². The van der Waals surface area contributed by atoms with Crippen molar-refractivity contribution in [3.05, 3.63) is 0 Å². The van der Waals surface area contributed by atoms with Gasteiger partial charge in [-0.3, -0.25) is 4.90 Å². The summed E-state index contributed by atoms with van der Waals surface area (Å²) in [5.41, 5.74) is 0.288. The van der Waals surface area contributed by atoms with E-state index >= 15 is 0 Å². The lowest BCUT2D eigenvalue weighted by Gasteiger charge is -2.49. The van der Waals surface area contributed by atoms with Gasteiger partial charge >= 0.3 is 0 Å². The zero-order valence-corrected chi connectivity index (χ0v) is 15.8. The molecule has 3 rings (SSSR count). The van der Waals surface area contributed by atoms with Crippen LogP contribution in [0.15, 0.2) is 0 Å². The Kier molecular flexibility index (Phi) is 6.19. The number of nitrogens with one attached hydrogen (secondary N) is 1. The highest BCUT2D eigenvalue weighted by molar-refractivity contribution is 7.88. The summed E-state index contributed by atoms with van der Waals surface area (Å²) < 4.78 is 30.4. The molecule has 140 valence electrons. The van der Waals surface area contributed by atoms with E-state index in [1.165, 1.54) is 38.4 Å². The molecule has 0 amide bonds. The van der Waals surface area contributed by atoms with E-state index in [1.54, 1.807) is 4.31 Å². The molecule has 1 N–H and O–H groups in total. The fraction of sp³-hybridized carbons (Fsp3) is 1.00. The molecule has 0 aromatic carbocycles. The molecule has 0 unspecified atom stereocenters. The molecule has 3 aliphatic rings. The van der Waals surface area contributed by atoms with Crippen molar-refractivity contribution in [1.82, 2.24) is 14.5 Å². The molecule has 24 heavy (non-hydrogen) atoms. The lowest BCUT2D eigenvalue weighted by Crippen LogP contribution is -2.60. The molecular weight excluding hydrogens is 326 g/mol. The first kappa shape index (κ1) is 18.6. The van der Waals surface area contributed by atoms with Gasteiger partial charge in [0, 0.05) is 44.3 Å². The van der Waals surface area contributed by atoms with Gasteiger partial charge in [0.05, 0.1) is 19.5 Å². The average Bonchev–Trinajstić information content (AvgIpc) is 2.61. The van der Waals surface area contributed by atoms with Crippen molar-refractivity contribution in [2.45, 2.75) is 56.5 Å². The van der Waals surface area contributed by atoms with Crippen LogP contribution < -0.4 is 5.32 Å². The van der Waals surface area contributed by atoms with E-state index in [9.17, 15) is 8.42 Å². The van der Waals surface area contributed by atoms with Crippen LogP contribution in [-0.2, 0) is 14.8 Å². The van der Waals surface area contributed by atoms with E-state index in [2.05, 4.69) is 10.2 Å². The Morgan fingerprint density at radius 3 is 2.25 bits per heavy atom. The standard InChI is InChI=1S/C17H33N3O3S/c1-24(21,22)20-9-5-16(6-10-20)18-15-17(7-3-2-4-8-17)19-11-13-23-14-12-19/h16,18H,2-15H2,1H3. The van der Waals surface area contributed by atoms with Crippen LogP contribution in [0.1, 0.15) is 44.9 Å². The van der Waals surface area contributed by atoms with E-state index in [-0.39, 0.29) is 5.54 Å². The smallest absolute Gasteiger partial charge is 0.211 e. The maximum absolute atomic E-state index is 11.6. The molecule has 0 spiro atoms. The first-order valence-corrected chi connectivity index (χ1v) is 11.4. The van der Waals surface area contributed by atoms with Crippen molar-refractivity contribution in [3.63, 3.8) is 0 Å². The number of piperidine rings is 1. The number of hydrogen-bond donors (Lipinski definition) is 1. The van der Waals surface area contributed by atoms with Crippen LogP contribution in [0.5, 0.6) is 0 Å². The number of morpholine rings is 1. The zero-order chi connectivity index (χ0) is 17.0. The summed E-state index contributed by atoms with van der Waals surface area (Å²) in [7, 11) is -3.03. The quantitative estimate of drug-likeness (QED) is 0.795. The van der Waals surface area contributed by atoms with E-state index in [4.69, 9.17) is 4.74 Å². The molecule has 0 radical (unpaired) electrons. The monoisotopic (exact) mass is 359 g/mol. The molecule has 2 saturated heterocycles. The summed E-state index contributed by atoms with van der Waals surface area (Å²) in [6.07, 6.45) is 9.73. The van der Waals surface area contributed by atoms with Crippen LogP contribution in [0.4, 0.5) is 0 Å². The van der Waals surface area contributed by atoms with Gasteiger partial charge in [-0.05, 0) is 25.7 Å². The first-order valence-electron chi connectivity index (χ1n) is 9.51. The van der Waals surface area contributed by atoms with Crippen LogP contribution >= 0.6 is 0 Å². The Bertz CT molecular complexity index is 491. The van der Waals surface area contributed by atoms with Crippen molar-refractivity contribution < 1.29 is 13.2 Å². The van der Waals surface area contributed by atoms with Gasteiger partial charge in [0.25, 0.3) is 0 Å². The van der Waals surface area contributed by atoms with Gasteiger partial charge in [0.15, 0.2) is 0 Å². The molecular formula is C17H33N3O3S. The Hall–Kier alpha value is -0.210. The van der Waals surface area contributed by atoms with Crippen LogP contribution in [0, 0.1) is 0 Å². The van der Waals surface area contributed by atoms with Gasteiger partial charge in [-0.1, -0.05) is 19.3 Å². The van der Waals surface area contributed by atoms with Crippen LogP contribution in [-0.4, -0.2) is 81.4 Å². The van der Waals surface area contributed by atoms with E-state index in [0.29, 0.717) is 19.1 Å². The maximum atomic E-state index is 11.6. The number of rotatable bonds is 5. The SMILES string of the molecule is CS(=O)(=O)N1CCC(NCC2(N3CCOCC3)CCCCC2)CC1. The molecule has 2 heterocycles. The molecule has 7 heteroatoms. The Morgan fingerprint density at radius 2 is 1.67 bits per heavy atom. The molecule has 3 fully saturated rings. The summed E-state index contributed by atoms with van der Waals surface area (Å²) in [6, 6.07) is 0.447.